The predicted molar refractivity (Wildman–Crippen MR) is 76.3 cm³/mol. The van der Waals surface area contributed by atoms with Gasteiger partial charge in [0.25, 0.3) is 0 Å². The number of nitrogens with zero attached hydrogens (tertiary/aromatic N) is 1. The van der Waals surface area contributed by atoms with Crippen LogP contribution in [0.25, 0.3) is 0 Å². The molecule has 0 radical (unpaired) electrons. The summed E-state index contributed by atoms with van der Waals surface area (Å²) in [4.78, 5) is 0. The molecule has 1 aromatic carbocycles. The zero-order valence-corrected chi connectivity index (χ0v) is 11.9. The van der Waals surface area contributed by atoms with E-state index in [0.29, 0.717) is 6.54 Å². The third-order valence-electron chi connectivity index (χ3n) is 3.35. The Labute approximate surface area is 118 Å². The van der Waals surface area contributed by atoms with Crippen molar-refractivity contribution in [1.82, 2.24) is 9.88 Å². The Kier molecular flexibility index (Phi) is 4.90. The van der Waals surface area contributed by atoms with Gasteiger partial charge in [0.2, 0.25) is 0 Å². The highest BCUT2D eigenvalue weighted by molar-refractivity contribution is 5.21. The Hall–Kier alpha value is -1.68. The second kappa shape index (κ2) is 6.66. The maximum absolute atomic E-state index is 13.2. The molecule has 1 aromatic heterocycles. The van der Waals surface area contributed by atoms with E-state index in [4.69, 9.17) is 0 Å². The first-order valence-electron chi connectivity index (χ1n) is 6.93. The van der Waals surface area contributed by atoms with Crippen LogP contribution in [0, 0.1) is 11.6 Å². The molecule has 0 fully saturated rings. The van der Waals surface area contributed by atoms with Crippen LogP contribution in [0.2, 0.25) is 0 Å². The summed E-state index contributed by atoms with van der Waals surface area (Å²) in [5.74, 6) is -1.61. The van der Waals surface area contributed by atoms with E-state index in [1.165, 1.54) is 17.7 Å². The van der Waals surface area contributed by atoms with Gasteiger partial charge < -0.3 is 9.88 Å². The van der Waals surface area contributed by atoms with Gasteiger partial charge in [-0.15, -0.1) is 0 Å². The Balaban J connectivity index is 1.93. The summed E-state index contributed by atoms with van der Waals surface area (Å²) >= 11 is 0. The van der Waals surface area contributed by atoms with E-state index < -0.39 is 11.6 Å². The van der Waals surface area contributed by atoms with Crippen molar-refractivity contribution in [2.45, 2.75) is 39.4 Å². The number of aromatic nitrogens is 1. The largest absolute Gasteiger partial charge is 0.354 e. The van der Waals surface area contributed by atoms with Crippen LogP contribution >= 0.6 is 0 Å². The van der Waals surface area contributed by atoms with Crippen molar-refractivity contribution in [3.8, 4) is 0 Å². The molecule has 0 saturated heterocycles. The molecule has 1 atom stereocenters. The Morgan fingerprint density at radius 1 is 1.20 bits per heavy atom. The predicted octanol–water partition coefficient (Wildman–Crippen LogP) is 4.03. The molecule has 1 N–H and O–H groups in total. The molecule has 4 heteroatoms. The maximum atomic E-state index is 13.2. The van der Waals surface area contributed by atoms with Crippen molar-refractivity contribution >= 4 is 0 Å². The van der Waals surface area contributed by atoms with Crippen molar-refractivity contribution in [1.29, 1.82) is 0 Å². The molecule has 0 bridgehead atoms. The summed E-state index contributed by atoms with van der Waals surface area (Å²) in [6.07, 6.45) is 5.27. The highest BCUT2D eigenvalue weighted by Crippen LogP contribution is 2.16. The van der Waals surface area contributed by atoms with Crippen molar-refractivity contribution in [2.24, 2.45) is 0 Å². The smallest absolute Gasteiger partial charge is 0.159 e. The topological polar surface area (TPSA) is 17.0 Å². The number of rotatable bonds is 6. The van der Waals surface area contributed by atoms with E-state index in [0.717, 1.165) is 18.5 Å². The standard InChI is InChI=1S/C16H20F2N2/c1-3-7-20-8-6-13(11-20)10-19-12(2)14-4-5-15(17)16(18)9-14/h4-6,8-9,11-12,19H,3,7,10H2,1-2H3. The van der Waals surface area contributed by atoms with Gasteiger partial charge in [-0.25, -0.2) is 8.78 Å². The third-order valence-corrected chi connectivity index (χ3v) is 3.35. The van der Waals surface area contributed by atoms with Gasteiger partial charge in [0, 0.05) is 31.5 Å². The van der Waals surface area contributed by atoms with Crippen LogP contribution in [0.15, 0.2) is 36.7 Å². The minimum Gasteiger partial charge on any atom is -0.354 e. The monoisotopic (exact) mass is 278 g/mol. The van der Waals surface area contributed by atoms with Crippen molar-refractivity contribution in [3.05, 3.63) is 59.4 Å². The fraction of sp³-hybridized carbons (Fsp3) is 0.375. The molecule has 2 nitrogen and oxygen atoms in total. The summed E-state index contributed by atoms with van der Waals surface area (Å²) in [6.45, 7) is 5.80. The lowest BCUT2D eigenvalue weighted by molar-refractivity contribution is 0.500. The minimum atomic E-state index is -0.808. The fourth-order valence-electron chi connectivity index (χ4n) is 2.16. The van der Waals surface area contributed by atoms with Gasteiger partial charge in [-0.05, 0) is 42.7 Å². The van der Waals surface area contributed by atoms with Crippen LogP contribution in [0.1, 0.15) is 37.4 Å². The fourth-order valence-corrected chi connectivity index (χ4v) is 2.16. The van der Waals surface area contributed by atoms with Crippen LogP contribution < -0.4 is 5.32 Å². The quantitative estimate of drug-likeness (QED) is 0.844. The SMILES string of the molecule is CCCn1ccc(CNC(C)c2ccc(F)c(F)c2)c1. The van der Waals surface area contributed by atoms with Crippen molar-refractivity contribution in [2.75, 3.05) is 0 Å². The zero-order valence-electron chi connectivity index (χ0n) is 11.9. The average molecular weight is 278 g/mol. The van der Waals surface area contributed by atoms with Gasteiger partial charge in [-0.2, -0.15) is 0 Å². The summed E-state index contributed by atoms with van der Waals surface area (Å²) < 4.78 is 28.2. The van der Waals surface area contributed by atoms with Crippen LogP contribution in [0.3, 0.4) is 0 Å². The second-order valence-corrected chi connectivity index (χ2v) is 5.03. The Bertz CT molecular complexity index is 563. The highest BCUT2D eigenvalue weighted by Gasteiger charge is 2.09. The van der Waals surface area contributed by atoms with Crippen LogP contribution in [-0.2, 0) is 13.1 Å². The molecule has 1 heterocycles. The van der Waals surface area contributed by atoms with Crippen LogP contribution in [0.4, 0.5) is 8.78 Å². The summed E-state index contributed by atoms with van der Waals surface area (Å²) in [7, 11) is 0. The highest BCUT2D eigenvalue weighted by atomic mass is 19.2. The molecule has 0 spiro atoms. The van der Waals surface area contributed by atoms with E-state index in [9.17, 15) is 8.78 Å². The average Bonchev–Trinajstić information content (AvgIpc) is 2.87. The van der Waals surface area contributed by atoms with E-state index >= 15 is 0 Å². The number of hydrogen-bond acceptors (Lipinski definition) is 1. The normalized spacial score (nSPS) is 12.6. The molecule has 108 valence electrons. The molecule has 0 aliphatic heterocycles. The molecule has 2 rings (SSSR count). The first-order valence-corrected chi connectivity index (χ1v) is 6.93. The number of aryl methyl sites for hydroxylation is 1. The Morgan fingerprint density at radius 2 is 2.00 bits per heavy atom. The molecular formula is C16H20F2N2. The lowest BCUT2D eigenvalue weighted by Gasteiger charge is -2.14. The molecule has 0 aliphatic rings. The zero-order chi connectivity index (χ0) is 14.5. The number of hydrogen-bond donors (Lipinski definition) is 1. The van der Waals surface area contributed by atoms with E-state index in [-0.39, 0.29) is 6.04 Å². The van der Waals surface area contributed by atoms with Crippen molar-refractivity contribution < 1.29 is 8.78 Å². The van der Waals surface area contributed by atoms with E-state index in [2.05, 4.69) is 35.3 Å². The van der Waals surface area contributed by atoms with Gasteiger partial charge in [0.1, 0.15) is 0 Å². The molecule has 20 heavy (non-hydrogen) atoms. The van der Waals surface area contributed by atoms with E-state index in [1.807, 2.05) is 6.92 Å². The van der Waals surface area contributed by atoms with Crippen LogP contribution in [-0.4, -0.2) is 4.57 Å². The first kappa shape index (κ1) is 14.7. The second-order valence-electron chi connectivity index (χ2n) is 5.03. The molecule has 0 amide bonds. The summed E-state index contributed by atoms with van der Waals surface area (Å²) in [5, 5.41) is 3.31. The lowest BCUT2D eigenvalue weighted by Crippen LogP contribution is -2.18. The van der Waals surface area contributed by atoms with Gasteiger partial charge in [-0.3, -0.25) is 0 Å². The number of nitrogens with one attached hydrogen (secondary N) is 1. The molecule has 1 unspecified atom stereocenters. The number of benzene rings is 1. The Morgan fingerprint density at radius 3 is 2.70 bits per heavy atom. The van der Waals surface area contributed by atoms with Gasteiger partial charge in [-0.1, -0.05) is 13.0 Å². The van der Waals surface area contributed by atoms with Gasteiger partial charge in [0.05, 0.1) is 0 Å². The minimum absolute atomic E-state index is 0.0281. The summed E-state index contributed by atoms with van der Waals surface area (Å²) in [5.41, 5.74) is 1.93. The van der Waals surface area contributed by atoms with Gasteiger partial charge >= 0.3 is 0 Å². The molecule has 0 saturated carbocycles. The summed E-state index contributed by atoms with van der Waals surface area (Å²) in [6, 6.07) is 6.06. The van der Waals surface area contributed by atoms with Crippen LogP contribution in [0.5, 0.6) is 0 Å². The molecule has 2 aromatic rings. The first-order chi connectivity index (χ1) is 9.60. The van der Waals surface area contributed by atoms with Crippen molar-refractivity contribution in [3.63, 3.8) is 0 Å². The maximum Gasteiger partial charge on any atom is 0.159 e. The molecule has 0 aliphatic carbocycles. The lowest BCUT2D eigenvalue weighted by atomic mass is 10.1. The van der Waals surface area contributed by atoms with E-state index in [1.54, 1.807) is 6.07 Å². The van der Waals surface area contributed by atoms with Gasteiger partial charge in [0.15, 0.2) is 11.6 Å². The third kappa shape index (κ3) is 3.67. The number of halogens is 2. The molecular weight excluding hydrogens is 258 g/mol.